The molecule has 18 heavy (non-hydrogen) atoms. The molecule has 0 saturated heterocycles. The fourth-order valence-electron chi connectivity index (χ4n) is 2.69. The molecule has 0 amide bonds. The third kappa shape index (κ3) is 2.44. The second kappa shape index (κ2) is 5.01. The van der Waals surface area contributed by atoms with Gasteiger partial charge in [0.25, 0.3) is 0 Å². The minimum absolute atomic E-state index is 0.0584. The molecule has 2 fully saturated rings. The van der Waals surface area contributed by atoms with Crippen LogP contribution < -0.4 is 0 Å². The zero-order valence-electron chi connectivity index (χ0n) is 10.3. The van der Waals surface area contributed by atoms with Gasteiger partial charge in [-0.25, -0.2) is 8.42 Å². The maximum absolute atomic E-state index is 12.5. The van der Waals surface area contributed by atoms with Gasteiger partial charge in [0.05, 0.1) is 11.2 Å². The van der Waals surface area contributed by atoms with E-state index < -0.39 is 27.2 Å². The molecule has 6 heteroatoms. The molecular formula is C12H19NO4S. The van der Waals surface area contributed by atoms with Crippen molar-refractivity contribution in [3.8, 4) is 0 Å². The van der Waals surface area contributed by atoms with E-state index in [4.69, 9.17) is 5.11 Å². The van der Waals surface area contributed by atoms with Gasteiger partial charge >= 0.3 is 5.97 Å². The summed E-state index contributed by atoms with van der Waals surface area (Å²) in [5, 5.41) is 8.36. The number of carbonyl (C=O) groups is 1. The van der Waals surface area contributed by atoms with Gasteiger partial charge in [-0.15, -0.1) is 6.58 Å². The van der Waals surface area contributed by atoms with Gasteiger partial charge < -0.3 is 5.11 Å². The summed E-state index contributed by atoms with van der Waals surface area (Å²) >= 11 is 0. The van der Waals surface area contributed by atoms with Crippen molar-refractivity contribution in [1.29, 1.82) is 0 Å². The van der Waals surface area contributed by atoms with Crippen LogP contribution in [0.3, 0.4) is 0 Å². The van der Waals surface area contributed by atoms with E-state index in [2.05, 4.69) is 6.58 Å². The summed E-state index contributed by atoms with van der Waals surface area (Å²) in [6.07, 6.45) is 4.91. The molecule has 0 bridgehead atoms. The number of carboxylic acids is 1. The topological polar surface area (TPSA) is 74.7 Å². The molecule has 0 aromatic carbocycles. The molecule has 2 aliphatic rings. The normalized spacial score (nSPS) is 28.5. The summed E-state index contributed by atoms with van der Waals surface area (Å²) < 4.78 is 26.5. The minimum atomic E-state index is -3.51. The maximum Gasteiger partial charge on any atom is 0.307 e. The first-order valence-electron chi connectivity index (χ1n) is 6.33. The first-order chi connectivity index (χ1) is 8.48. The van der Waals surface area contributed by atoms with E-state index in [-0.39, 0.29) is 12.6 Å². The van der Waals surface area contributed by atoms with Gasteiger partial charge in [0, 0.05) is 12.6 Å². The molecule has 102 valence electrons. The molecule has 0 aliphatic heterocycles. The van der Waals surface area contributed by atoms with Crippen LogP contribution in [0.5, 0.6) is 0 Å². The Morgan fingerprint density at radius 1 is 1.33 bits per heavy atom. The summed E-state index contributed by atoms with van der Waals surface area (Å²) in [5.74, 6) is -1.74. The summed E-state index contributed by atoms with van der Waals surface area (Å²) in [6.45, 7) is 3.87. The molecule has 5 nitrogen and oxygen atoms in total. The maximum atomic E-state index is 12.5. The van der Waals surface area contributed by atoms with Crippen molar-refractivity contribution in [2.45, 2.75) is 43.4 Å². The van der Waals surface area contributed by atoms with Crippen molar-refractivity contribution >= 4 is 16.0 Å². The van der Waals surface area contributed by atoms with Crippen molar-refractivity contribution in [3.05, 3.63) is 12.7 Å². The lowest BCUT2D eigenvalue weighted by Gasteiger charge is -2.26. The second-order valence-corrected chi connectivity index (χ2v) is 7.15. The average Bonchev–Trinajstić information content (AvgIpc) is 2.99. The Morgan fingerprint density at radius 3 is 2.50 bits per heavy atom. The molecule has 0 heterocycles. The third-order valence-electron chi connectivity index (χ3n) is 3.74. The van der Waals surface area contributed by atoms with Crippen molar-refractivity contribution in [3.63, 3.8) is 0 Å². The van der Waals surface area contributed by atoms with E-state index in [1.165, 1.54) is 4.31 Å². The highest BCUT2D eigenvalue weighted by Crippen LogP contribution is 2.37. The molecule has 1 N–H and O–H groups in total. The molecule has 2 aliphatic carbocycles. The standard InChI is InChI=1S/C12H19NO4S/c1-2-8-13(9-6-7-9)18(16,17)11-5-3-4-10(11)12(14)15/h2,9-11H,1,3-8H2,(H,14,15). The molecule has 0 aromatic rings. The highest BCUT2D eigenvalue weighted by molar-refractivity contribution is 7.89. The zero-order chi connectivity index (χ0) is 13.3. The van der Waals surface area contributed by atoms with Gasteiger partial charge in [-0.2, -0.15) is 4.31 Å². The van der Waals surface area contributed by atoms with Crippen LogP contribution in [0.4, 0.5) is 0 Å². The van der Waals surface area contributed by atoms with Crippen LogP contribution in [-0.2, 0) is 14.8 Å². The Kier molecular flexibility index (Phi) is 3.77. The molecule has 0 radical (unpaired) electrons. The van der Waals surface area contributed by atoms with Gasteiger partial charge in [0.15, 0.2) is 0 Å². The molecule has 0 spiro atoms. The van der Waals surface area contributed by atoms with Crippen molar-refractivity contribution in [1.82, 2.24) is 4.31 Å². The SMILES string of the molecule is C=CCN(C1CC1)S(=O)(=O)C1CCCC1C(=O)O. The number of sulfonamides is 1. The number of rotatable bonds is 6. The van der Waals surface area contributed by atoms with Crippen LogP contribution in [0.25, 0.3) is 0 Å². The van der Waals surface area contributed by atoms with E-state index in [0.29, 0.717) is 19.3 Å². The molecule has 2 rings (SSSR count). The first kappa shape index (κ1) is 13.5. The predicted molar refractivity (Wildman–Crippen MR) is 67.6 cm³/mol. The Morgan fingerprint density at radius 2 is 2.00 bits per heavy atom. The van der Waals surface area contributed by atoms with Gasteiger partial charge in [0.1, 0.15) is 0 Å². The molecule has 2 unspecified atom stereocenters. The van der Waals surface area contributed by atoms with Gasteiger partial charge in [0.2, 0.25) is 10.0 Å². The quantitative estimate of drug-likeness (QED) is 0.738. The van der Waals surface area contributed by atoms with Crippen LogP contribution in [0.15, 0.2) is 12.7 Å². The number of aliphatic carboxylic acids is 1. The fraction of sp³-hybridized carbons (Fsp3) is 0.750. The van der Waals surface area contributed by atoms with Crippen LogP contribution in [0.1, 0.15) is 32.1 Å². The van der Waals surface area contributed by atoms with E-state index in [9.17, 15) is 13.2 Å². The van der Waals surface area contributed by atoms with E-state index in [0.717, 1.165) is 12.8 Å². The number of carboxylic acid groups (broad SMARTS) is 1. The molecule has 2 atom stereocenters. The molecule has 2 saturated carbocycles. The largest absolute Gasteiger partial charge is 0.481 e. The second-order valence-electron chi connectivity index (χ2n) is 5.05. The monoisotopic (exact) mass is 273 g/mol. The van der Waals surface area contributed by atoms with Gasteiger partial charge in [-0.3, -0.25) is 4.79 Å². The summed E-state index contributed by atoms with van der Waals surface area (Å²) in [4.78, 5) is 11.1. The minimum Gasteiger partial charge on any atom is -0.481 e. The molecule has 0 aromatic heterocycles. The highest BCUT2D eigenvalue weighted by atomic mass is 32.2. The Balaban J connectivity index is 2.22. The zero-order valence-corrected chi connectivity index (χ0v) is 11.1. The average molecular weight is 273 g/mol. The van der Waals surface area contributed by atoms with Crippen LogP contribution in [-0.4, -0.2) is 41.6 Å². The summed E-state index contributed by atoms with van der Waals surface area (Å²) in [7, 11) is -3.51. The van der Waals surface area contributed by atoms with Crippen molar-refractivity contribution in [2.75, 3.05) is 6.54 Å². The first-order valence-corrected chi connectivity index (χ1v) is 7.83. The molecular weight excluding hydrogens is 254 g/mol. The Labute approximate surface area is 108 Å². The fourth-order valence-corrected chi connectivity index (χ4v) is 5.11. The van der Waals surface area contributed by atoms with Gasteiger partial charge in [-0.05, 0) is 25.7 Å². The Bertz CT molecular complexity index is 441. The van der Waals surface area contributed by atoms with Crippen molar-refractivity contribution in [2.24, 2.45) is 5.92 Å². The number of hydrogen-bond donors (Lipinski definition) is 1. The number of nitrogens with zero attached hydrogens (tertiary/aromatic N) is 1. The summed E-state index contributed by atoms with van der Waals surface area (Å²) in [6, 6.07) is 0.0584. The lowest BCUT2D eigenvalue weighted by molar-refractivity contribution is -0.141. The lowest BCUT2D eigenvalue weighted by Crippen LogP contribution is -2.43. The van der Waals surface area contributed by atoms with E-state index in [1.807, 2.05) is 0 Å². The number of hydrogen-bond acceptors (Lipinski definition) is 3. The smallest absolute Gasteiger partial charge is 0.307 e. The van der Waals surface area contributed by atoms with Crippen molar-refractivity contribution < 1.29 is 18.3 Å². The van der Waals surface area contributed by atoms with Crippen LogP contribution >= 0.6 is 0 Å². The van der Waals surface area contributed by atoms with E-state index in [1.54, 1.807) is 6.08 Å². The van der Waals surface area contributed by atoms with E-state index >= 15 is 0 Å². The highest BCUT2D eigenvalue weighted by Gasteiger charge is 2.47. The van der Waals surface area contributed by atoms with Crippen LogP contribution in [0, 0.1) is 5.92 Å². The van der Waals surface area contributed by atoms with Gasteiger partial charge in [-0.1, -0.05) is 12.5 Å². The summed E-state index contributed by atoms with van der Waals surface area (Å²) in [5.41, 5.74) is 0. The predicted octanol–water partition coefficient (Wildman–Crippen LogP) is 1.22. The van der Waals surface area contributed by atoms with Crippen LogP contribution in [0.2, 0.25) is 0 Å². The Hall–Kier alpha value is -0.880. The third-order valence-corrected chi connectivity index (χ3v) is 6.17. The lowest BCUT2D eigenvalue weighted by atomic mass is 10.1.